The Kier molecular flexibility index (Phi) is 4.92. The van der Waals surface area contributed by atoms with Crippen LogP contribution in [0.15, 0.2) is 36.5 Å². The number of anilines is 1. The van der Waals surface area contributed by atoms with Gasteiger partial charge in [-0.05, 0) is 68.9 Å². The van der Waals surface area contributed by atoms with Crippen molar-refractivity contribution >= 4 is 23.7 Å². The number of piperazine rings is 1. The molecule has 0 bridgehead atoms. The summed E-state index contributed by atoms with van der Waals surface area (Å²) >= 11 is 0. The third-order valence-electron chi connectivity index (χ3n) is 7.42. The van der Waals surface area contributed by atoms with Gasteiger partial charge in [0, 0.05) is 31.4 Å². The van der Waals surface area contributed by atoms with E-state index in [9.17, 15) is 14.4 Å². The van der Waals surface area contributed by atoms with E-state index in [2.05, 4.69) is 33.5 Å². The van der Waals surface area contributed by atoms with E-state index in [0.717, 1.165) is 49.3 Å². The van der Waals surface area contributed by atoms with Crippen LogP contribution in [0.25, 0.3) is 0 Å². The van der Waals surface area contributed by atoms with E-state index >= 15 is 0 Å². The Hall–Kier alpha value is -3.42. The normalized spacial score (nSPS) is 23.8. The number of imide groups is 1. The molecule has 1 aromatic heterocycles. The lowest BCUT2D eigenvalue weighted by molar-refractivity contribution is -0.123. The number of urea groups is 1. The molecule has 1 aliphatic carbocycles. The summed E-state index contributed by atoms with van der Waals surface area (Å²) in [5.41, 5.74) is 2.26. The van der Waals surface area contributed by atoms with Crippen molar-refractivity contribution in [2.24, 2.45) is 0 Å². The first-order chi connectivity index (χ1) is 15.7. The molecular formula is C25H29N5O3. The maximum absolute atomic E-state index is 13.5. The number of nitrogens with zero attached hydrogens (tertiary/aromatic N) is 3. The molecule has 3 heterocycles. The minimum absolute atomic E-state index is 0.0135. The van der Waals surface area contributed by atoms with Crippen LogP contribution in [0.5, 0.6) is 0 Å². The van der Waals surface area contributed by atoms with Gasteiger partial charge in [-0.25, -0.2) is 9.78 Å². The fourth-order valence-electron chi connectivity index (χ4n) is 5.38. The largest absolute Gasteiger partial charge is 0.352 e. The van der Waals surface area contributed by atoms with Crippen molar-refractivity contribution in [2.75, 3.05) is 24.5 Å². The molecule has 33 heavy (non-hydrogen) atoms. The quantitative estimate of drug-likeness (QED) is 0.706. The van der Waals surface area contributed by atoms with E-state index in [-0.39, 0.29) is 11.4 Å². The molecule has 2 saturated heterocycles. The predicted molar refractivity (Wildman–Crippen MR) is 124 cm³/mol. The van der Waals surface area contributed by atoms with Crippen LogP contribution in [0.2, 0.25) is 0 Å². The lowest BCUT2D eigenvalue weighted by atomic mass is 9.73. The summed E-state index contributed by atoms with van der Waals surface area (Å²) in [7, 11) is 0. The first-order valence-electron chi connectivity index (χ1n) is 11.5. The van der Waals surface area contributed by atoms with Gasteiger partial charge in [-0.2, -0.15) is 0 Å². The molecule has 3 fully saturated rings. The minimum Gasteiger partial charge on any atom is -0.352 e. The Labute approximate surface area is 193 Å². The highest BCUT2D eigenvalue weighted by atomic mass is 16.2. The van der Waals surface area contributed by atoms with E-state index < -0.39 is 17.5 Å². The molecule has 1 atom stereocenters. The zero-order valence-electron chi connectivity index (χ0n) is 19.3. The number of pyridine rings is 1. The maximum atomic E-state index is 13.5. The Balaban J connectivity index is 1.36. The monoisotopic (exact) mass is 447 g/mol. The van der Waals surface area contributed by atoms with Crippen molar-refractivity contribution in [3.05, 3.63) is 58.8 Å². The molecule has 2 N–H and O–H groups in total. The van der Waals surface area contributed by atoms with Gasteiger partial charge in [-0.1, -0.05) is 18.2 Å². The number of benzene rings is 1. The number of nitrogens with one attached hydrogen (secondary N) is 2. The van der Waals surface area contributed by atoms with Crippen molar-refractivity contribution in [1.29, 1.82) is 0 Å². The van der Waals surface area contributed by atoms with Crippen molar-refractivity contribution in [3.8, 4) is 0 Å². The number of carbonyl (C=O) groups is 3. The fourth-order valence-corrected chi connectivity index (χ4v) is 5.38. The highest BCUT2D eigenvalue weighted by molar-refractivity contribution is 6.07. The summed E-state index contributed by atoms with van der Waals surface area (Å²) in [5.74, 6) is 0.629. The second kappa shape index (κ2) is 7.57. The summed E-state index contributed by atoms with van der Waals surface area (Å²) in [6.07, 6.45) is 5.00. The van der Waals surface area contributed by atoms with Crippen LogP contribution >= 0.6 is 0 Å². The van der Waals surface area contributed by atoms with Gasteiger partial charge < -0.3 is 15.1 Å². The average molecular weight is 448 g/mol. The summed E-state index contributed by atoms with van der Waals surface area (Å²) in [6, 6.07) is 8.66. The van der Waals surface area contributed by atoms with Gasteiger partial charge in [0.15, 0.2) is 0 Å². The number of amides is 4. The molecule has 1 spiro atoms. The second-order valence-electron chi connectivity index (χ2n) is 9.72. The van der Waals surface area contributed by atoms with Crippen LogP contribution in [0.3, 0.4) is 0 Å². The highest BCUT2D eigenvalue weighted by Crippen LogP contribution is 2.42. The van der Waals surface area contributed by atoms with Crippen LogP contribution in [0, 0.1) is 13.8 Å². The molecule has 172 valence electrons. The molecule has 2 aromatic rings. The third kappa shape index (κ3) is 3.44. The molecule has 1 saturated carbocycles. The Bertz CT molecular complexity index is 1140. The summed E-state index contributed by atoms with van der Waals surface area (Å²) in [5, 5.41) is 4.93. The van der Waals surface area contributed by atoms with E-state index in [0.29, 0.717) is 17.7 Å². The van der Waals surface area contributed by atoms with Gasteiger partial charge in [0.05, 0.1) is 5.54 Å². The van der Waals surface area contributed by atoms with Crippen molar-refractivity contribution in [1.82, 2.24) is 20.5 Å². The number of carbonyl (C=O) groups excluding carboxylic acids is 3. The zero-order chi connectivity index (χ0) is 23.4. The van der Waals surface area contributed by atoms with Crippen LogP contribution in [-0.2, 0) is 10.3 Å². The lowest BCUT2D eigenvalue weighted by Crippen LogP contribution is -2.67. The van der Waals surface area contributed by atoms with Crippen molar-refractivity contribution < 1.29 is 14.4 Å². The molecule has 8 heteroatoms. The van der Waals surface area contributed by atoms with Gasteiger partial charge >= 0.3 is 6.03 Å². The third-order valence-corrected chi connectivity index (χ3v) is 7.42. The minimum atomic E-state index is -1.13. The average Bonchev–Trinajstić information content (AvgIpc) is 3.04. The Morgan fingerprint density at radius 3 is 2.39 bits per heavy atom. The van der Waals surface area contributed by atoms with Gasteiger partial charge in [0.1, 0.15) is 11.4 Å². The molecule has 1 aromatic carbocycles. The zero-order valence-corrected chi connectivity index (χ0v) is 19.3. The predicted octanol–water partition coefficient (Wildman–Crippen LogP) is 2.64. The summed E-state index contributed by atoms with van der Waals surface area (Å²) < 4.78 is 0. The van der Waals surface area contributed by atoms with Gasteiger partial charge in [-0.15, -0.1) is 0 Å². The van der Waals surface area contributed by atoms with E-state index in [1.54, 1.807) is 31.2 Å². The number of hydrogen-bond donors (Lipinski definition) is 2. The molecule has 4 amide bonds. The smallest absolute Gasteiger partial charge is 0.322 e. The van der Waals surface area contributed by atoms with Crippen LogP contribution in [0.1, 0.15) is 53.2 Å². The molecule has 1 unspecified atom stereocenters. The topological polar surface area (TPSA) is 94.6 Å². The van der Waals surface area contributed by atoms with Gasteiger partial charge in [0.2, 0.25) is 0 Å². The molecule has 5 rings (SSSR count). The first kappa shape index (κ1) is 21.4. The van der Waals surface area contributed by atoms with Crippen molar-refractivity contribution in [2.45, 2.75) is 51.1 Å². The number of aromatic nitrogens is 1. The second-order valence-corrected chi connectivity index (χ2v) is 9.72. The fraction of sp³-hybridized carbons (Fsp3) is 0.440. The summed E-state index contributed by atoms with van der Waals surface area (Å²) in [4.78, 5) is 46.4. The Morgan fingerprint density at radius 2 is 1.82 bits per heavy atom. The molecule has 0 radical (unpaired) electrons. The van der Waals surface area contributed by atoms with Crippen LogP contribution in [-0.4, -0.2) is 52.9 Å². The highest BCUT2D eigenvalue weighted by Gasteiger charge is 2.49. The van der Waals surface area contributed by atoms with Gasteiger partial charge in [0.25, 0.3) is 11.8 Å². The number of rotatable bonds is 3. The van der Waals surface area contributed by atoms with Crippen LogP contribution in [0.4, 0.5) is 10.6 Å². The van der Waals surface area contributed by atoms with Crippen molar-refractivity contribution in [3.63, 3.8) is 0 Å². The van der Waals surface area contributed by atoms with Gasteiger partial charge in [-0.3, -0.25) is 14.9 Å². The SMILES string of the molecule is Cc1cnc(N2CCN(C(=O)c3ccc(C4(C)NC(=O)NC4=O)cc3)C3(CCC3)C2)c(C)c1. The molecular weight excluding hydrogens is 418 g/mol. The van der Waals surface area contributed by atoms with E-state index in [1.165, 1.54) is 0 Å². The van der Waals surface area contributed by atoms with Crippen LogP contribution < -0.4 is 15.5 Å². The number of aryl methyl sites for hydroxylation is 2. The van der Waals surface area contributed by atoms with E-state index in [4.69, 9.17) is 0 Å². The Morgan fingerprint density at radius 1 is 1.09 bits per heavy atom. The number of hydrogen-bond acceptors (Lipinski definition) is 5. The molecule has 8 nitrogen and oxygen atoms in total. The standard InChI is InChI=1S/C25H29N5O3/c1-16-13-17(2)20(26-14-16)29-11-12-30(25(15-29)9-4-10-25)21(31)18-5-7-19(8-6-18)24(3)22(32)27-23(33)28-24/h5-8,13-14H,4,9-12,15H2,1-3H3,(H2,27,28,32,33). The summed E-state index contributed by atoms with van der Waals surface area (Å²) in [6.45, 7) is 7.98. The molecule has 3 aliphatic rings. The maximum Gasteiger partial charge on any atom is 0.322 e. The van der Waals surface area contributed by atoms with E-state index in [1.807, 2.05) is 18.0 Å². The first-order valence-corrected chi connectivity index (χ1v) is 11.5. The lowest BCUT2D eigenvalue weighted by Gasteiger charge is -2.56. The molecule has 2 aliphatic heterocycles.